The van der Waals surface area contributed by atoms with E-state index in [1.165, 1.54) is 0 Å². The molecule has 2 aliphatic heterocycles. The van der Waals surface area contributed by atoms with Crippen LogP contribution in [0.2, 0.25) is 0 Å². The molecule has 3 aliphatic rings. The highest BCUT2D eigenvalue weighted by Gasteiger charge is 2.53. The van der Waals surface area contributed by atoms with Gasteiger partial charge in [-0.15, -0.1) is 0 Å². The lowest BCUT2D eigenvalue weighted by Gasteiger charge is -2.22. The van der Waals surface area contributed by atoms with E-state index >= 15 is 0 Å². The number of nitrogens with zero attached hydrogens (tertiary/aromatic N) is 1. The molecule has 3 unspecified atom stereocenters. The number of ether oxygens (including phenoxy) is 1. The molecule has 0 bridgehead atoms. The third kappa shape index (κ3) is 2.34. The number of carboxylic acid groups (broad SMARTS) is 1. The van der Waals surface area contributed by atoms with E-state index in [9.17, 15) is 19.8 Å². The molecule has 1 saturated heterocycles. The zero-order valence-electron chi connectivity index (χ0n) is 15.3. The summed E-state index contributed by atoms with van der Waals surface area (Å²) in [6.07, 6.45) is 0. The molecule has 146 valence electrons. The Morgan fingerprint density at radius 2 is 2.04 bits per heavy atom. The first kappa shape index (κ1) is 17.1. The number of aromatic carboxylic acids is 1. The summed E-state index contributed by atoms with van der Waals surface area (Å²) in [4.78, 5) is 28.6. The molecule has 0 spiro atoms. The maximum atomic E-state index is 12.3. The fraction of sp³-hybridized carbons (Fsp3) is 0.400. The monoisotopic (exact) mass is 383 g/mol. The molecular weight excluding hydrogens is 362 g/mol. The number of hydrogen-bond donors (Lipinski definition) is 4. The van der Waals surface area contributed by atoms with E-state index < -0.39 is 22.8 Å². The van der Waals surface area contributed by atoms with Crippen LogP contribution < -0.4 is 20.9 Å². The van der Waals surface area contributed by atoms with E-state index in [2.05, 4.69) is 9.88 Å². The van der Waals surface area contributed by atoms with Gasteiger partial charge in [-0.1, -0.05) is 6.92 Å². The summed E-state index contributed by atoms with van der Waals surface area (Å²) < 4.78 is 5.97. The van der Waals surface area contributed by atoms with Gasteiger partial charge in [-0.3, -0.25) is 4.79 Å². The summed E-state index contributed by atoms with van der Waals surface area (Å²) in [5.74, 6) is -0.524. The number of aromatic amines is 1. The summed E-state index contributed by atoms with van der Waals surface area (Å²) in [6, 6.07) is 6.06. The maximum Gasteiger partial charge on any atom is 0.345 e. The van der Waals surface area contributed by atoms with Gasteiger partial charge in [-0.2, -0.15) is 0 Å². The molecule has 0 amide bonds. The molecule has 28 heavy (non-hydrogen) atoms. The first-order valence-electron chi connectivity index (χ1n) is 9.37. The highest BCUT2D eigenvalue weighted by Crippen LogP contribution is 2.47. The summed E-state index contributed by atoms with van der Waals surface area (Å²) in [5.41, 5.74) is 7.01. The molecule has 3 atom stereocenters. The molecule has 3 heterocycles. The normalized spacial score (nSPS) is 27.3. The van der Waals surface area contributed by atoms with Gasteiger partial charge in [0.15, 0.2) is 5.56 Å². The van der Waals surface area contributed by atoms with Gasteiger partial charge in [0.05, 0.1) is 12.3 Å². The predicted octanol–water partition coefficient (Wildman–Crippen LogP) is 1.33. The van der Waals surface area contributed by atoms with Crippen LogP contribution in [0.15, 0.2) is 23.0 Å². The van der Waals surface area contributed by atoms with Gasteiger partial charge in [0, 0.05) is 47.9 Å². The molecule has 1 aliphatic carbocycles. The fourth-order valence-corrected chi connectivity index (χ4v) is 4.61. The smallest absolute Gasteiger partial charge is 0.345 e. The van der Waals surface area contributed by atoms with Gasteiger partial charge < -0.3 is 30.6 Å². The van der Waals surface area contributed by atoms with Gasteiger partial charge in [0.25, 0.3) is 5.56 Å². The number of benzene rings is 1. The number of piperidine rings is 1. The third-order valence-electron chi connectivity index (χ3n) is 6.28. The van der Waals surface area contributed by atoms with E-state index in [1.54, 1.807) is 0 Å². The Morgan fingerprint density at radius 1 is 1.32 bits per heavy atom. The number of anilines is 1. The second-order valence-corrected chi connectivity index (χ2v) is 7.97. The summed E-state index contributed by atoms with van der Waals surface area (Å²) in [7, 11) is 0. The van der Waals surface area contributed by atoms with Gasteiger partial charge in [-0.05, 0) is 24.0 Å². The van der Waals surface area contributed by atoms with Crippen LogP contribution in [0.3, 0.4) is 0 Å². The van der Waals surface area contributed by atoms with Crippen LogP contribution in [0.1, 0.15) is 28.8 Å². The zero-order valence-corrected chi connectivity index (χ0v) is 15.3. The number of pyridine rings is 1. The van der Waals surface area contributed by atoms with E-state index in [0.29, 0.717) is 40.4 Å². The standard InChI is InChI=1S/C20H21N3O5/c1-8-7-28-13-4-9(23-5-11-12(6-23)16(11)21)2-3-10(13)17-14(8)18(24)15(20(26)27)19(25)22-17/h2-4,8,11-12,16H,5-7,21H2,1H3,(H,26,27)(H2,22,24,25). The molecule has 0 radical (unpaired) electrons. The Kier molecular flexibility index (Phi) is 3.51. The lowest BCUT2D eigenvalue weighted by atomic mass is 9.94. The van der Waals surface area contributed by atoms with Gasteiger partial charge in [0.1, 0.15) is 11.5 Å². The second kappa shape index (κ2) is 5.75. The molecule has 8 nitrogen and oxygen atoms in total. The molecule has 8 heteroatoms. The SMILES string of the molecule is CC1COc2cc(N3CC4C(N)C4C3)ccc2-c2[nH]c(=O)c(C(=O)O)c(O)c21. The Balaban J connectivity index is 1.60. The Hall–Kier alpha value is -3.00. The van der Waals surface area contributed by atoms with Crippen LogP contribution >= 0.6 is 0 Å². The quantitative estimate of drug-likeness (QED) is 0.616. The van der Waals surface area contributed by atoms with Crippen molar-refractivity contribution < 1.29 is 19.7 Å². The predicted molar refractivity (Wildman–Crippen MR) is 102 cm³/mol. The number of carbonyl (C=O) groups is 1. The fourth-order valence-electron chi connectivity index (χ4n) is 4.61. The molecule has 1 saturated carbocycles. The molecule has 1 aromatic heterocycles. The number of carboxylic acids is 1. The van der Waals surface area contributed by atoms with E-state index in [0.717, 1.165) is 18.8 Å². The topological polar surface area (TPSA) is 129 Å². The number of rotatable bonds is 2. The van der Waals surface area contributed by atoms with Crippen LogP contribution in [0.5, 0.6) is 11.5 Å². The van der Waals surface area contributed by atoms with Crippen molar-refractivity contribution >= 4 is 11.7 Å². The van der Waals surface area contributed by atoms with Crippen molar-refractivity contribution in [3.05, 3.63) is 39.7 Å². The van der Waals surface area contributed by atoms with Crippen LogP contribution in [0, 0.1) is 11.8 Å². The lowest BCUT2D eigenvalue weighted by Crippen LogP contribution is -2.27. The van der Waals surface area contributed by atoms with Gasteiger partial charge in [-0.25, -0.2) is 4.79 Å². The van der Waals surface area contributed by atoms with Crippen molar-refractivity contribution in [1.29, 1.82) is 0 Å². The van der Waals surface area contributed by atoms with Crippen molar-refractivity contribution in [3.63, 3.8) is 0 Å². The van der Waals surface area contributed by atoms with Crippen LogP contribution in [-0.4, -0.2) is 46.9 Å². The third-order valence-corrected chi connectivity index (χ3v) is 6.28. The van der Waals surface area contributed by atoms with Gasteiger partial charge in [0.2, 0.25) is 0 Å². The summed E-state index contributed by atoms with van der Waals surface area (Å²) in [6.45, 7) is 3.94. The molecule has 2 aromatic rings. The van der Waals surface area contributed by atoms with Gasteiger partial charge >= 0.3 is 5.97 Å². The van der Waals surface area contributed by atoms with Crippen molar-refractivity contribution in [3.8, 4) is 22.8 Å². The number of hydrogen-bond acceptors (Lipinski definition) is 6. The number of nitrogens with one attached hydrogen (secondary N) is 1. The Bertz CT molecular complexity index is 1050. The average Bonchev–Trinajstić information content (AvgIpc) is 3.08. The molecular formula is C20H21N3O5. The minimum absolute atomic E-state index is 0.262. The maximum absolute atomic E-state index is 12.3. The van der Waals surface area contributed by atoms with Crippen molar-refractivity contribution in [2.75, 3.05) is 24.6 Å². The minimum Gasteiger partial charge on any atom is -0.506 e. The molecule has 2 fully saturated rings. The van der Waals surface area contributed by atoms with Crippen LogP contribution in [-0.2, 0) is 0 Å². The van der Waals surface area contributed by atoms with E-state index in [1.807, 2.05) is 25.1 Å². The molecule has 5 rings (SSSR count). The highest BCUT2D eigenvalue weighted by atomic mass is 16.5. The van der Waals surface area contributed by atoms with Crippen molar-refractivity contribution in [2.24, 2.45) is 17.6 Å². The second-order valence-electron chi connectivity index (χ2n) is 7.97. The average molecular weight is 383 g/mol. The van der Waals surface area contributed by atoms with E-state index in [-0.39, 0.29) is 12.5 Å². The first-order chi connectivity index (χ1) is 13.4. The minimum atomic E-state index is -1.46. The number of aromatic nitrogens is 1. The Morgan fingerprint density at radius 3 is 2.71 bits per heavy atom. The number of aromatic hydroxyl groups is 1. The van der Waals surface area contributed by atoms with Crippen LogP contribution in [0.4, 0.5) is 5.69 Å². The largest absolute Gasteiger partial charge is 0.506 e. The number of fused-ring (bicyclic) bond motifs is 4. The van der Waals surface area contributed by atoms with E-state index in [4.69, 9.17) is 10.5 Å². The van der Waals surface area contributed by atoms with Crippen molar-refractivity contribution in [1.82, 2.24) is 4.98 Å². The summed E-state index contributed by atoms with van der Waals surface area (Å²) in [5, 5.41) is 19.8. The molecule has 1 aromatic carbocycles. The zero-order chi connectivity index (χ0) is 19.7. The summed E-state index contributed by atoms with van der Waals surface area (Å²) >= 11 is 0. The molecule has 5 N–H and O–H groups in total. The highest BCUT2D eigenvalue weighted by molar-refractivity contribution is 5.92. The number of nitrogens with two attached hydrogens (primary N) is 1. The van der Waals surface area contributed by atoms with Crippen molar-refractivity contribution in [2.45, 2.75) is 18.9 Å². The lowest BCUT2D eigenvalue weighted by molar-refractivity contribution is 0.0691. The Labute approximate surface area is 160 Å². The first-order valence-corrected chi connectivity index (χ1v) is 9.37. The number of H-pyrrole nitrogens is 1. The van der Waals surface area contributed by atoms with Crippen LogP contribution in [0.25, 0.3) is 11.3 Å².